The number of carboxylic acid groups (broad SMARTS) is 2. The molecule has 9 nitrogen and oxygen atoms in total. The van der Waals surface area contributed by atoms with Gasteiger partial charge in [-0.3, -0.25) is 9.69 Å². The van der Waals surface area contributed by atoms with Crippen molar-refractivity contribution in [3.63, 3.8) is 0 Å². The summed E-state index contributed by atoms with van der Waals surface area (Å²) in [6.07, 6.45) is 5.48. The molecule has 3 aliphatic rings. The van der Waals surface area contributed by atoms with E-state index >= 15 is 0 Å². The van der Waals surface area contributed by atoms with Gasteiger partial charge in [0, 0.05) is 26.2 Å². The van der Waals surface area contributed by atoms with Gasteiger partial charge >= 0.3 is 11.9 Å². The maximum Gasteiger partial charge on any atom is 0.414 e. The summed E-state index contributed by atoms with van der Waals surface area (Å²) in [5.74, 6) is -0.793. The highest BCUT2D eigenvalue weighted by Gasteiger charge is 2.31. The van der Waals surface area contributed by atoms with Crippen LogP contribution in [0.2, 0.25) is 0 Å². The average molecular weight is 511 g/mol. The van der Waals surface area contributed by atoms with E-state index in [1.165, 1.54) is 11.1 Å². The van der Waals surface area contributed by atoms with Crippen LogP contribution in [0.25, 0.3) is 0 Å². The van der Waals surface area contributed by atoms with E-state index < -0.39 is 11.9 Å². The molecule has 0 bridgehead atoms. The molecule has 2 saturated heterocycles. The number of benzene rings is 2. The molecule has 1 atom stereocenters. The van der Waals surface area contributed by atoms with Gasteiger partial charge in [-0.15, -0.1) is 0 Å². The Bertz CT molecular complexity index is 1070. The van der Waals surface area contributed by atoms with Crippen LogP contribution < -0.4 is 9.47 Å². The normalized spacial score (nSPS) is 19.6. The third kappa shape index (κ3) is 7.45. The van der Waals surface area contributed by atoms with E-state index in [-0.39, 0.29) is 5.92 Å². The summed E-state index contributed by atoms with van der Waals surface area (Å²) < 4.78 is 10.9. The van der Waals surface area contributed by atoms with Gasteiger partial charge in [-0.05, 0) is 67.8 Å². The predicted octanol–water partition coefficient (Wildman–Crippen LogP) is 3.26. The van der Waals surface area contributed by atoms with Crippen LogP contribution in [0, 0.1) is 11.8 Å². The van der Waals surface area contributed by atoms with Crippen molar-refractivity contribution < 1.29 is 34.1 Å². The first-order chi connectivity index (χ1) is 17.9. The Kier molecular flexibility index (Phi) is 9.00. The molecule has 0 aliphatic carbocycles. The number of fused-ring (bicyclic) bond motifs is 1. The molecule has 0 saturated carbocycles. The van der Waals surface area contributed by atoms with Gasteiger partial charge in [-0.2, -0.15) is 0 Å². The standard InChI is InChI=1S/C26H32N2O3.C2H2O4/c29-26(28-13-10-21(11-14-28)15-20-5-2-1-3-6-20)23-7-4-12-27(18-23)17-22-8-9-24-25(16-22)31-19-30-24;3-1(4)2(5)6/h1-3,5-6,8-9,16,21,23H,4,7,10-15,17-19H2;(H,3,4)(H,5,6). The molecule has 9 heteroatoms. The largest absolute Gasteiger partial charge is 0.473 e. The fraction of sp³-hybridized carbons (Fsp3) is 0.464. The lowest BCUT2D eigenvalue weighted by Crippen LogP contribution is -2.47. The summed E-state index contributed by atoms with van der Waals surface area (Å²) in [5.41, 5.74) is 2.64. The summed E-state index contributed by atoms with van der Waals surface area (Å²) in [5, 5.41) is 14.8. The monoisotopic (exact) mass is 510 g/mol. The number of ether oxygens (including phenoxy) is 2. The number of nitrogens with zero attached hydrogens (tertiary/aromatic N) is 2. The number of rotatable bonds is 5. The van der Waals surface area contributed by atoms with Gasteiger partial charge < -0.3 is 24.6 Å². The van der Waals surface area contributed by atoms with Crippen molar-refractivity contribution in [1.82, 2.24) is 9.80 Å². The molecule has 2 fully saturated rings. The minimum absolute atomic E-state index is 0.133. The van der Waals surface area contributed by atoms with Crippen molar-refractivity contribution in [3.8, 4) is 11.5 Å². The second kappa shape index (κ2) is 12.6. The van der Waals surface area contributed by atoms with Gasteiger partial charge in [0.2, 0.25) is 12.7 Å². The van der Waals surface area contributed by atoms with Crippen LogP contribution in [0.1, 0.15) is 36.8 Å². The third-order valence-electron chi connectivity index (χ3n) is 7.17. The van der Waals surface area contributed by atoms with E-state index in [0.717, 1.165) is 76.3 Å². The van der Waals surface area contributed by atoms with E-state index in [0.29, 0.717) is 18.6 Å². The fourth-order valence-corrected chi connectivity index (χ4v) is 5.26. The lowest BCUT2D eigenvalue weighted by atomic mass is 9.89. The highest BCUT2D eigenvalue weighted by molar-refractivity contribution is 6.27. The Balaban J connectivity index is 0.000000480. The molecule has 0 radical (unpaired) electrons. The van der Waals surface area contributed by atoms with E-state index in [1.54, 1.807) is 0 Å². The number of carbonyl (C=O) groups excluding carboxylic acids is 1. The quantitative estimate of drug-likeness (QED) is 0.589. The maximum absolute atomic E-state index is 13.2. The smallest absolute Gasteiger partial charge is 0.414 e. The molecular formula is C28H34N2O7. The van der Waals surface area contributed by atoms with Crippen LogP contribution in [0.4, 0.5) is 0 Å². The lowest BCUT2D eigenvalue weighted by Gasteiger charge is -2.38. The molecule has 1 unspecified atom stereocenters. The van der Waals surface area contributed by atoms with Gasteiger partial charge in [-0.1, -0.05) is 36.4 Å². The number of hydrogen-bond donors (Lipinski definition) is 2. The van der Waals surface area contributed by atoms with Crippen LogP contribution >= 0.6 is 0 Å². The molecule has 0 spiro atoms. The number of aliphatic carboxylic acids is 2. The molecule has 37 heavy (non-hydrogen) atoms. The maximum atomic E-state index is 13.2. The van der Waals surface area contributed by atoms with Crippen LogP contribution in [0.5, 0.6) is 11.5 Å². The predicted molar refractivity (Wildman–Crippen MR) is 135 cm³/mol. The first-order valence-electron chi connectivity index (χ1n) is 12.8. The van der Waals surface area contributed by atoms with Crippen LogP contribution in [0.15, 0.2) is 48.5 Å². The highest BCUT2D eigenvalue weighted by atomic mass is 16.7. The summed E-state index contributed by atoms with van der Waals surface area (Å²) >= 11 is 0. The summed E-state index contributed by atoms with van der Waals surface area (Å²) in [4.78, 5) is 36.0. The zero-order valence-corrected chi connectivity index (χ0v) is 20.9. The zero-order chi connectivity index (χ0) is 26.2. The van der Waals surface area contributed by atoms with E-state index in [2.05, 4.69) is 52.3 Å². The van der Waals surface area contributed by atoms with Gasteiger partial charge in [0.05, 0.1) is 5.92 Å². The molecule has 3 heterocycles. The molecule has 198 valence electrons. The topological polar surface area (TPSA) is 117 Å². The molecule has 1 amide bonds. The highest BCUT2D eigenvalue weighted by Crippen LogP contribution is 2.33. The molecule has 2 aromatic rings. The average Bonchev–Trinajstić information content (AvgIpc) is 3.38. The van der Waals surface area contributed by atoms with E-state index in [4.69, 9.17) is 29.3 Å². The Hall–Kier alpha value is -3.59. The number of piperidine rings is 2. The summed E-state index contributed by atoms with van der Waals surface area (Å²) in [6, 6.07) is 16.9. The number of likely N-dealkylation sites (tertiary alicyclic amines) is 2. The first kappa shape index (κ1) is 26.5. The van der Waals surface area contributed by atoms with Crippen molar-refractivity contribution in [1.29, 1.82) is 0 Å². The Morgan fingerprint density at radius 3 is 2.24 bits per heavy atom. The van der Waals surface area contributed by atoms with Gasteiger partial charge in [0.25, 0.3) is 0 Å². The number of carboxylic acids is 2. The van der Waals surface area contributed by atoms with Gasteiger partial charge in [0.15, 0.2) is 11.5 Å². The van der Waals surface area contributed by atoms with Gasteiger partial charge in [-0.25, -0.2) is 9.59 Å². The second-order valence-electron chi connectivity index (χ2n) is 9.83. The van der Waals surface area contributed by atoms with Crippen molar-refractivity contribution in [2.45, 2.75) is 38.6 Å². The molecule has 2 aromatic carbocycles. The number of hydrogen-bond acceptors (Lipinski definition) is 6. The summed E-state index contributed by atoms with van der Waals surface area (Å²) in [7, 11) is 0. The van der Waals surface area contributed by atoms with Crippen molar-refractivity contribution >= 4 is 17.8 Å². The molecule has 2 N–H and O–H groups in total. The van der Waals surface area contributed by atoms with Crippen LogP contribution in [-0.2, 0) is 27.3 Å². The van der Waals surface area contributed by atoms with Crippen LogP contribution in [0.3, 0.4) is 0 Å². The lowest BCUT2D eigenvalue weighted by molar-refractivity contribution is -0.159. The Morgan fingerprint density at radius 2 is 1.54 bits per heavy atom. The summed E-state index contributed by atoms with van der Waals surface area (Å²) in [6.45, 7) is 4.90. The van der Waals surface area contributed by atoms with E-state index in [9.17, 15) is 4.79 Å². The molecule has 3 aliphatic heterocycles. The fourth-order valence-electron chi connectivity index (χ4n) is 5.26. The van der Waals surface area contributed by atoms with Crippen molar-refractivity contribution in [2.75, 3.05) is 33.0 Å². The Morgan fingerprint density at radius 1 is 0.838 bits per heavy atom. The SMILES string of the molecule is O=C(C1CCCN(Cc2ccc3c(c2)OCO3)C1)N1CCC(Cc2ccccc2)CC1.O=C(O)C(=O)O. The molecule has 0 aromatic heterocycles. The Labute approximate surface area is 216 Å². The number of amides is 1. The number of carbonyl (C=O) groups is 3. The molecule has 5 rings (SSSR count). The second-order valence-corrected chi connectivity index (χ2v) is 9.83. The van der Waals surface area contributed by atoms with Crippen molar-refractivity contribution in [3.05, 3.63) is 59.7 Å². The minimum atomic E-state index is -1.82. The molecular weight excluding hydrogens is 476 g/mol. The minimum Gasteiger partial charge on any atom is -0.473 e. The first-order valence-corrected chi connectivity index (χ1v) is 12.8. The van der Waals surface area contributed by atoms with E-state index in [1.807, 2.05) is 6.07 Å². The van der Waals surface area contributed by atoms with Crippen molar-refractivity contribution in [2.24, 2.45) is 11.8 Å². The third-order valence-corrected chi connectivity index (χ3v) is 7.17. The van der Waals surface area contributed by atoms with Crippen LogP contribution in [-0.4, -0.2) is 70.8 Å². The van der Waals surface area contributed by atoms with Gasteiger partial charge in [0.1, 0.15) is 0 Å². The zero-order valence-electron chi connectivity index (χ0n) is 20.9.